The Bertz CT molecular complexity index is 1500. The summed E-state index contributed by atoms with van der Waals surface area (Å²) >= 11 is 3.37. The van der Waals surface area contributed by atoms with E-state index >= 15 is 0 Å². The summed E-state index contributed by atoms with van der Waals surface area (Å²) in [5.41, 5.74) is 2.56. The van der Waals surface area contributed by atoms with Gasteiger partial charge in [0.05, 0.1) is 0 Å². The van der Waals surface area contributed by atoms with Crippen molar-refractivity contribution in [2.45, 2.75) is 50.6 Å². The van der Waals surface area contributed by atoms with Crippen molar-refractivity contribution in [3.63, 3.8) is 0 Å². The topological polar surface area (TPSA) is 116 Å². The molecule has 3 aromatic carbocycles. The van der Waals surface area contributed by atoms with Gasteiger partial charge in [0.1, 0.15) is 11.1 Å². The molecule has 2 heterocycles. The zero-order valence-electron chi connectivity index (χ0n) is 22.8. The van der Waals surface area contributed by atoms with Gasteiger partial charge in [-0.2, -0.15) is 0 Å². The summed E-state index contributed by atoms with van der Waals surface area (Å²) in [5, 5.41) is 9.87. The monoisotopic (exact) mass is 614 g/mol. The third-order valence-corrected chi connectivity index (χ3v) is 7.58. The molecule has 2 unspecified atom stereocenters. The summed E-state index contributed by atoms with van der Waals surface area (Å²) in [6.07, 6.45) is 2.60. The summed E-state index contributed by atoms with van der Waals surface area (Å²) < 4.78 is 1.03. The van der Waals surface area contributed by atoms with Gasteiger partial charge in [-0.15, -0.1) is 0 Å². The van der Waals surface area contributed by atoms with E-state index in [-0.39, 0.29) is 11.8 Å². The lowest BCUT2D eigenvalue weighted by Gasteiger charge is -2.20. The van der Waals surface area contributed by atoms with Crippen molar-refractivity contribution in [2.24, 2.45) is 0 Å². The van der Waals surface area contributed by atoms with Gasteiger partial charge >= 0.3 is 12.1 Å². The number of nitrogens with one attached hydrogen (secondary N) is 4. The predicted molar refractivity (Wildman–Crippen MR) is 160 cm³/mol. The third-order valence-electron chi connectivity index (χ3n) is 7.05. The van der Waals surface area contributed by atoms with Gasteiger partial charge in [0.2, 0.25) is 0 Å². The van der Waals surface area contributed by atoms with E-state index in [1.807, 2.05) is 78.9 Å². The Morgan fingerprint density at radius 1 is 0.610 bits per heavy atom. The SMILES string of the molecule is CC1(CCc2ccc(Br)cc2)NC(=O)NC1=O.CC1(CCc2ccc(C#Cc3ccccc3)cc2)NC(=O)NC1=O. The highest BCUT2D eigenvalue weighted by Crippen LogP contribution is 2.20. The van der Waals surface area contributed by atoms with Gasteiger partial charge in [0.15, 0.2) is 0 Å². The standard InChI is InChI=1S/C20H18N2O2.C12H13BrN2O2/c1-20(18(23)21-19(24)22-20)14-13-17-11-9-16(10-12-17)8-7-15-5-3-2-4-6-15;1-12(10(16)14-11(17)15-12)7-6-8-2-4-9(13)5-3-8/h2-6,9-12H,13-14H2,1H3,(H2,21,22,23,24);2-5H,6-7H2,1H3,(H2,14,15,16,17). The quantitative estimate of drug-likeness (QED) is 0.240. The molecule has 0 radical (unpaired) electrons. The molecule has 2 fully saturated rings. The van der Waals surface area contributed by atoms with Crippen LogP contribution in [0.2, 0.25) is 0 Å². The molecule has 41 heavy (non-hydrogen) atoms. The molecule has 6 amide bonds. The molecule has 0 saturated carbocycles. The van der Waals surface area contributed by atoms with E-state index in [1.165, 1.54) is 0 Å². The van der Waals surface area contributed by atoms with Gasteiger partial charge in [0, 0.05) is 15.6 Å². The maximum absolute atomic E-state index is 11.8. The minimum absolute atomic E-state index is 0.250. The van der Waals surface area contributed by atoms with Crippen molar-refractivity contribution in [1.82, 2.24) is 21.3 Å². The van der Waals surface area contributed by atoms with E-state index in [2.05, 4.69) is 49.0 Å². The molecular formula is C32H31BrN4O4. The first-order valence-corrected chi connectivity index (χ1v) is 14.0. The van der Waals surface area contributed by atoms with Crippen LogP contribution in [-0.2, 0) is 22.4 Å². The van der Waals surface area contributed by atoms with Crippen LogP contribution in [0.4, 0.5) is 9.59 Å². The van der Waals surface area contributed by atoms with Crippen LogP contribution in [0.15, 0.2) is 83.3 Å². The fraction of sp³-hybridized carbons (Fsp3) is 0.250. The first kappa shape index (κ1) is 29.6. The van der Waals surface area contributed by atoms with E-state index in [9.17, 15) is 19.2 Å². The van der Waals surface area contributed by atoms with Crippen LogP contribution >= 0.6 is 15.9 Å². The molecule has 2 aliphatic rings. The van der Waals surface area contributed by atoms with Crippen molar-refractivity contribution >= 4 is 39.8 Å². The summed E-state index contributed by atoms with van der Waals surface area (Å²) in [5.74, 6) is 5.74. The zero-order chi connectivity index (χ0) is 29.5. The van der Waals surface area contributed by atoms with Crippen molar-refractivity contribution in [3.8, 4) is 11.8 Å². The Labute approximate surface area is 247 Å². The molecule has 8 nitrogen and oxygen atoms in total. The second kappa shape index (κ2) is 12.8. The van der Waals surface area contributed by atoms with Crippen LogP contribution in [0.25, 0.3) is 0 Å². The molecule has 0 spiro atoms. The van der Waals surface area contributed by atoms with Gasteiger partial charge in [-0.25, -0.2) is 9.59 Å². The van der Waals surface area contributed by atoms with E-state index < -0.39 is 23.1 Å². The Hall–Kier alpha value is -4.42. The maximum atomic E-state index is 11.8. The summed E-state index contributed by atoms with van der Waals surface area (Å²) in [6.45, 7) is 3.49. The first-order valence-electron chi connectivity index (χ1n) is 13.2. The number of imide groups is 2. The van der Waals surface area contributed by atoms with E-state index in [4.69, 9.17) is 0 Å². The Balaban J connectivity index is 0.000000201. The van der Waals surface area contributed by atoms with Crippen molar-refractivity contribution in [2.75, 3.05) is 0 Å². The van der Waals surface area contributed by atoms with E-state index in [0.717, 1.165) is 33.1 Å². The second-order valence-electron chi connectivity index (χ2n) is 10.4. The van der Waals surface area contributed by atoms with Gasteiger partial charge in [-0.05, 0) is 87.1 Å². The van der Waals surface area contributed by atoms with Crippen LogP contribution in [0.5, 0.6) is 0 Å². The highest BCUT2D eigenvalue weighted by Gasteiger charge is 2.42. The molecule has 2 atom stereocenters. The molecule has 0 aromatic heterocycles. The summed E-state index contributed by atoms with van der Waals surface area (Å²) in [7, 11) is 0. The number of carbonyl (C=O) groups is 4. The minimum atomic E-state index is -0.830. The van der Waals surface area contributed by atoms with E-state index in [0.29, 0.717) is 19.3 Å². The largest absolute Gasteiger partial charge is 0.324 e. The highest BCUT2D eigenvalue weighted by atomic mass is 79.9. The lowest BCUT2D eigenvalue weighted by molar-refractivity contribution is -0.124. The Morgan fingerprint density at radius 3 is 1.44 bits per heavy atom. The average Bonchev–Trinajstić information content (AvgIpc) is 3.37. The van der Waals surface area contributed by atoms with Crippen molar-refractivity contribution in [3.05, 3.63) is 106 Å². The number of carbonyl (C=O) groups excluding carboxylic acids is 4. The van der Waals surface area contributed by atoms with Gasteiger partial charge in [-0.3, -0.25) is 20.2 Å². The number of hydrogen-bond acceptors (Lipinski definition) is 4. The van der Waals surface area contributed by atoms with Gasteiger partial charge < -0.3 is 10.6 Å². The number of urea groups is 2. The minimum Gasteiger partial charge on any atom is -0.324 e. The number of hydrogen-bond donors (Lipinski definition) is 4. The van der Waals surface area contributed by atoms with Gasteiger partial charge in [0.25, 0.3) is 11.8 Å². The van der Waals surface area contributed by atoms with Crippen molar-refractivity contribution in [1.29, 1.82) is 0 Å². The molecule has 4 N–H and O–H groups in total. The number of rotatable bonds is 6. The molecule has 0 aliphatic carbocycles. The van der Waals surface area contributed by atoms with Crippen molar-refractivity contribution < 1.29 is 19.2 Å². The van der Waals surface area contributed by atoms with Crippen LogP contribution in [-0.4, -0.2) is 35.0 Å². The zero-order valence-corrected chi connectivity index (χ0v) is 24.4. The highest BCUT2D eigenvalue weighted by molar-refractivity contribution is 9.10. The molecular weight excluding hydrogens is 584 g/mol. The second-order valence-corrected chi connectivity index (χ2v) is 11.3. The van der Waals surface area contributed by atoms with Crippen LogP contribution in [0, 0.1) is 11.8 Å². The number of aryl methyl sites for hydroxylation is 2. The van der Waals surface area contributed by atoms with E-state index in [1.54, 1.807) is 13.8 Å². The summed E-state index contributed by atoms with van der Waals surface area (Å²) in [4.78, 5) is 45.7. The molecule has 9 heteroatoms. The number of halogens is 1. The number of amides is 6. The lowest BCUT2D eigenvalue weighted by Crippen LogP contribution is -2.43. The fourth-order valence-electron chi connectivity index (χ4n) is 4.37. The van der Waals surface area contributed by atoms with Crippen LogP contribution in [0.1, 0.15) is 48.9 Å². The molecule has 3 aromatic rings. The third kappa shape index (κ3) is 8.05. The fourth-order valence-corrected chi connectivity index (χ4v) is 4.64. The molecule has 0 bridgehead atoms. The Morgan fingerprint density at radius 2 is 1.02 bits per heavy atom. The van der Waals surface area contributed by atoms with Gasteiger partial charge in [-0.1, -0.05) is 70.2 Å². The number of benzene rings is 3. The molecule has 210 valence electrons. The van der Waals surface area contributed by atoms with Crippen LogP contribution < -0.4 is 21.3 Å². The molecule has 2 aliphatic heterocycles. The lowest BCUT2D eigenvalue weighted by atomic mass is 9.93. The summed E-state index contributed by atoms with van der Waals surface area (Å²) in [6, 6.07) is 24.9. The maximum Gasteiger partial charge on any atom is 0.322 e. The molecule has 2 saturated heterocycles. The Kier molecular flexibility index (Phi) is 9.25. The first-order chi connectivity index (χ1) is 19.5. The molecule has 5 rings (SSSR count). The smallest absolute Gasteiger partial charge is 0.322 e. The van der Waals surface area contributed by atoms with Crippen LogP contribution in [0.3, 0.4) is 0 Å². The predicted octanol–water partition coefficient (Wildman–Crippen LogP) is 4.60. The normalized spacial score (nSPS) is 21.0. The average molecular weight is 616 g/mol.